The normalized spacial score (nSPS) is 27.4. The van der Waals surface area contributed by atoms with Crippen molar-refractivity contribution < 1.29 is 29.0 Å². The number of benzene rings is 1. The summed E-state index contributed by atoms with van der Waals surface area (Å²) in [7, 11) is 1.30. The lowest BCUT2D eigenvalue weighted by molar-refractivity contribution is -0.148. The number of thioether (sulfide) groups is 1. The molecular weight excluding hydrogens is 430 g/mol. The van der Waals surface area contributed by atoms with Crippen LogP contribution in [0, 0.1) is 18.8 Å². The molecule has 1 saturated carbocycles. The van der Waals surface area contributed by atoms with Gasteiger partial charge in [0.25, 0.3) is 0 Å². The number of aliphatic carboxylic acids is 1. The maximum absolute atomic E-state index is 12.4. The van der Waals surface area contributed by atoms with E-state index < -0.39 is 18.1 Å². The minimum Gasteiger partial charge on any atom is -0.480 e. The fourth-order valence-corrected chi connectivity index (χ4v) is 6.83. The number of likely N-dealkylation sites (tertiary alicyclic amines) is 1. The number of aryl methyl sites for hydroxylation is 1. The topological polar surface area (TPSA) is 93.1 Å². The molecule has 5 atom stereocenters. The largest absolute Gasteiger partial charge is 0.480 e. The first kappa shape index (κ1) is 24.4. The van der Waals surface area contributed by atoms with Crippen LogP contribution in [0.2, 0.25) is 0 Å². The highest BCUT2D eigenvalue weighted by atomic mass is 32.2. The van der Waals surface area contributed by atoms with E-state index in [9.17, 15) is 19.5 Å². The Morgan fingerprint density at radius 2 is 1.94 bits per heavy atom. The van der Waals surface area contributed by atoms with E-state index >= 15 is 0 Å². The predicted molar refractivity (Wildman–Crippen MR) is 122 cm³/mol. The summed E-state index contributed by atoms with van der Waals surface area (Å²) in [6.45, 7) is 6.13. The molecule has 1 heterocycles. The molecule has 1 N–H and O–H groups in total. The van der Waals surface area contributed by atoms with Crippen molar-refractivity contribution in [1.29, 1.82) is 0 Å². The number of ether oxygens (including phenoxy) is 2. The van der Waals surface area contributed by atoms with E-state index in [2.05, 4.69) is 0 Å². The van der Waals surface area contributed by atoms with E-state index in [1.807, 2.05) is 32.0 Å². The summed E-state index contributed by atoms with van der Waals surface area (Å²) in [5, 5.41) is 10.1. The van der Waals surface area contributed by atoms with E-state index in [1.165, 1.54) is 12.0 Å². The van der Waals surface area contributed by atoms with Gasteiger partial charge in [-0.2, -0.15) is 0 Å². The predicted octanol–water partition coefficient (Wildman–Crippen LogP) is 4.75. The Kier molecular flexibility index (Phi) is 8.09. The van der Waals surface area contributed by atoms with Crippen molar-refractivity contribution in [3.05, 3.63) is 29.3 Å². The van der Waals surface area contributed by atoms with Crippen LogP contribution in [-0.4, -0.2) is 59.1 Å². The van der Waals surface area contributed by atoms with E-state index in [0.29, 0.717) is 25.0 Å². The van der Waals surface area contributed by atoms with Gasteiger partial charge in [-0.3, -0.25) is 4.90 Å². The number of carboxylic acid groups (broad SMARTS) is 1. The van der Waals surface area contributed by atoms with Crippen LogP contribution >= 0.6 is 11.8 Å². The smallest absolute Gasteiger partial charge is 0.410 e. The van der Waals surface area contributed by atoms with Crippen LogP contribution in [0.4, 0.5) is 4.79 Å². The molecule has 0 spiro atoms. The molecule has 0 bridgehead atoms. The summed E-state index contributed by atoms with van der Waals surface area (Å²) < 4.78 is 10.2. The molecule has 2 aliphatic rings. The van der Waals surface area contributed by atoms with Crippen molar-refractivity contribution in [2.24, 2.45) is 11.8 Å². The molecule has 1 saturated heterocycles. The van der Waals surface area contributed by atoms with Gasteiger partial charge in [0.1, 0.15) is 6.04 Å². The molecule has 0 radical (unpaired) electrons. The van der Waals surface area contributed by atoms with Gasteiger partial charge in [0, 0.05) is 16.2 Å². The average molecular weight is 464 g/mol. The standard InChI is InChI=1S/C24H33NO6S/c1-5-19-17-10-8-16(12-15(17)13-20(22(26)27)25(19)24(29)30-4)32-21-11-14(3)7-9-18(21)23(28)31-6-2/h7,9,11,15-17,19-20H,5-6,8,10,12-13H2,1-4H3,(H,26,27)/t15-,16+,17-,19?,20+/m1/s1. The first-order valence-corrected chi connectivity index (χ1v) is 12.2. The summed E-state index contributed by atoms with van der Waals surface area (Å²) in [6.07, 6.45) is 3.30. The molecule has 32 heavy (non-hydrogen) atoms. The van der Waals surface area contributed by atoms with Crippen LogP contribution in [-0.2, 0) is 14.3 Å². The van der Waals surface area contributed by atoms with Gasteiger partial charge < -0.3 is 14.6 Å². The zero-order valence-corrected chi connectivity index (χ0v) is 20.0. The van der Waals surface area contributed by atoms with Crippen molar-refractivity contribution in [2.75, 3.05) is 13.7 Å². The number of fused-ring (bicyclic) bond motifs is 1. The minimum absolute atomic E-state index is 0.137. The number of piperidine rings is 1. The Morgan fingerprint density at radius 3 is 2.56 bits per heavy atom. The van der Waals surface area contributed by atoms with Gasteiger partial charge in [-0.15, -0.1) is 11.8 Å². The molecule has 1 aromatic carbocycles. The highest BCUT2D eigenvalue weighted by molar-refractivity contribution is 8.00. The number of carbonyl (C=O) groups excluding carboxylic acids is 2. The van der Waals surface area contributed by atoms with Crippen LogP contribution in [0.3, 0.4) is 0 Å². The third-order valence-corrected chi connectivity index (χ3v) is 8.07. The number of esters is 1. The van der Waals surface area contributed by atoms with Gasteiger partial charge in [0.15, 0.2) is 0 Å². The van der Waals surface area contributed by atoms with Crippen molar-refractivity contribution in [3.8, 4) is 0 Å². The van der Waals surface area contributed by atoms with E-state index in [0.717, 1.165) is 29.7 Å². The maximum atomic E-state index is 12.4. The third-order valence-electron chi connectivity index (χ3n) is 6.72. The molecule has 1 aliphatic carbocycles. The Balaban J connectivity index is 1.80. The van der Waals surface area contributed by atoms with Crippen molar-refractivity contribution in [3.63, 3.8) is 0 Å². The Hall–Kier alpha value is -2.22. The lowest BCUT2D eigenvalue weighted by Gasteiger charge is -2.50. The molecule has 1 aliphatic heterocycles. The number of rotatable bonds is 6. The fourth-order valence-electron chi connectivity index (χ4n) is 5.34. The third kappa shape index (κ3) is 5.05. The van der Waals surface area contributed by atoms with E-state index in [-0.39, 0.29) is 29.1 Å². The number of methoxy groups -OCH3 is 1. The Bertz CT molecular complexity index is 859. The lowest BCUT2D eigenvalue weighted by Crippen LogP contribution is -2.60. The molecule has 1 amide bonds. The zero-order chi connectivity index (χ0) is 23.4. The van der Waals surface area contributed by atoms with Crippen LogP contribution < -0.4 is 0 Å². The molecule has 176 valence electrons. The second-order valence-corrected chi connectivity index (χ2v) is 9.98. The second kappa shape index (κ2) is 10.6. The van der Waals surface area contributed by atoms with Crippen LogP contribution in [0.25, 0.3) is 0 Å². The van der Waals surface area contributed by atoms with Crippen molar-refractivity contribution in [1.82, 2.24) is 4.90 Å². The van der Waals surface area contributed by atoms with Crippen molar-refractivity contribution in [2.45, 2.75) is 75.1 Å². The molecule has 8 heteroatoms. The summed E-state index contributed by atoms with van der Waals surface area (Å²) >= 11 is 1.69. The average Bonchev–Trinajstić information content (AvgIpc) is 2.77. The van der Waals surface area contributed by atoms with Gasteiger partial charge in [-0.1, -0.05) is 13.0 Å². The minimum atomic E-state index is -0.981. The highest BCUT2D eigenvalue weighted by Gasteiger charge is 2.49. The number of hydrogen-bond donors (Lipinski definition) is 1. The molecule has 3 rings (SSSR count). The molecule has 2 fully saturated rings. The number of amides is 1. The number of nitrogens with zero attached hydrogens (tertiary/aromatic N) is 1. The van der Waals surface area contributed by atoms with Gasteiger partial charge >= 0.3 is 18.0 Å². The SMILES string of the molecule is CCOC(=O)c1ccc(C)cc1S[C@H]1CC[C@H]2C(CC)N(C(=O)OC)[C@H](C(=O)O)C[C@H]2C1. The zero-order valence-electron chi connectivity index (χ0n) is 19.2. The summed E-state index contributed by atoms with van der Waals surface area (Å²) in [5.41, 5.74) is 1.66. The summed E-state index contributed by atoms with van der Waals surface area (Å²) in [5.74, 6) is -0.824. The maximum Gasteiger partial charge on any atom is 0.410 e. The Labute approximate surface area is 193 Å². The molecule has 7 nitrogen and oxygen atoms in total. The molecule has 0 aromatic heterocycles. The fraction of sp³-hybridized carbons (Fsp3) is 0.625. The molecule has 1 aromatic rings. The summed E-state index contributed by atoms with van der Waals surface area (Å²) in [6, 6.07) is 4.76. The number of carbonyl (C=O) groups is 3. The van der Waals surface area contributed by atoms with Crippen LogP contribution in [0.5, 0.6) is 0 Å². The van der Waals surface area contributed by atoms with Gasteiger partial charge in [-0.25, -0.2) is 14.4 Å². The number of hydrogen-bond acceptors (Lipinski definition) is 6. The Morgan fingerprint density at radius 1 is 1.19 bits per heavy atom. The van der Waals surface area contributed by atoms with Crippen molar-refractivity contribution >= 4 is 29.8 Å². The van der Waals surface area contributed by atoms with Gasteiger partial charge in [0.05, 0.1) is 19.3 Å². The van der Waals surface area contributed by atoms with E-state index in [1.54, 1.807) is 18.7 Å². The van der Waals surface area contributed by atoms with Crippen LogP contribution in [0.1, 0.15) is 61.9 Å². The monoisotopic (exact) mass is 463 g/mol. The quantitative estimate of drug-likeness (QED) is 0.608. The molecular formula is C24H33NO6S. The molecule has 1 unspecified atom stereocenters. The van der Waals surface area contributed by atoms with Gasteiger partial charge in [0.2, 0.25) is 0 Å². The lowest BCUT2D eigenvalue weighted by atomic mass is 9.68. The first-order valence-electron chi connectivity index (χ1n) is 11.3. The second-order valence-electron chi connectivity index (χ2n) is 8.64. The summed E-state index contributed by atoms with van der Waals surface area (Å²) in [4.78, 5) is 39.2. The first-order chi connectivity index (χ1) is 15.3. The van der Waals surface area contributed by atoms with Crippen LogP contribution in [0.15, 0.2) is 23.1 Å². The van der Waals surface area contributed by atoms with E-state index in [4.69, 9.17) is 9.47 Å². The number of carboxylic acids is 1. The van der Waals surface area contributed by atoms with Gasteiger partial charge in [-0.05, 0) is 75.5 Å². The highest BCUT2D eigenvalue weighted by Crippen LogP contribution is 2.47.